The molecular weight excluding hydrogens is 349 g/mol. The predicted octanol–water partition coefficient (Wildman–Crippen LogP) is 2.05. The fourth-order valence-electron chi connectivity index (χ4n) is 3.52. The summed E-state index contributed by atoms with van der Waals surface area (Å²) >= 11 is 0. The quantitative estimate of drug-likeness (QED) is 0.840. The molecule has 2 N–H and O–H groups in total. The van der Waals surface area contributed by atoms with Gasteiger partial charge >= 0.3 is 0 Å². The van der Waals surface area contributed by atoms with E-state index in [9.17, 15) is 5.11 Å². The molecule has 2 atom stereocenters. The molecule has 138 valence electrons. The van der Waals surface area contributed by atoms with Crippen molar-refractivity contribution in [3.63, 3.8) is 0 Å². The third-order valence-electron chi connectivity index (χ3n) is 4.70. The van der Waals surface area contributed by atoms with E-state index in [0.717, 1.165) is 39.1 Å². The minimum atomic E-state index is -0.205. The Kier molecular flexibility index (Phi) is 8.60. The third kappa shape index (κ3) is 4.67. The molecule has 2 saturated heterocycles. The lowest BCUT2D eigenvalue weighted by Crippen LogP contribution is -2.49. The number of rotatable bonds is 4. The highest BCUT2D eigenvalue weighted by atomic mass is 35.5. The molecule has 0 spiro atoms. The van der Waals surface area contributed by atoms with Crippen molar-refractivity contribution >= 4 is 36.2 Å². The van der Waals surface area contributed by atoms with Gasteiger partial charge in [0.2, 0.25) is 0 Å². The largest absolute Gasteiger partial charge is 0.391 e. The number of anilines is 2. The average Bonchev–Trinajstić information content (AvgIpc) is 2.94. The molecule has 0 bridgehead atoms. The minimum absolute atomic E-state index is 0. The van der Waals surface area contributed by atoms with E-state index in [1.54, 1.807) is 7.11 Å². The first-order chi connectivity index (χ1) is 10.7. The molecule has 24 heavy (non-hydrogen) atoms. The maximum absolute atomic E-state index is 9.79. The zero-order valence-electron chi connectivity index (χ0n) is 14.4. The van der Waals surface area contributed by atoms with E-state index < -0.39 is 0 Å². The van der Waals surface area contributed by atoms with Crippen LogP contribution in [0.25, 0.3) is 0 Å². The number of β-amino-alcohol motifs (C(OH)–C–C–N with tert-alkyl or cyclic N) is 1. The molecule has 2 fully saturated rings. The number of nitrogens with one attached hydrogen (secondary N) is 1. The summed E-state index contributed by atoms with van der Waals surface area (Å²) in [5.74, 6) is 0. The smallest absolute Gasteiger partial charge is 0.0734 e. The number of hydrogen-bond acceptors (Lipinski definition) is 5. The van der Waals surface area contributed by atoms with Crippen molar-refractivity contribution in [2.75, 3.05) is 49.6 Å². The molecule has 0 aliphatic carbocycles. The highest BCUT2D eigenvalue weighted by Gasteiger charge is 2.24. The van der Waals surface area contributed by atoms with Gasteiger partial charge in [0.1, 0.15) is 0 Å². The first-order valence-corrected chi connectivity index (χ1v) is 8.21. The van der Waals surface area contributed by atoms with E-state index in [1.807, 2.05) is 0 Å². The molecule has 1 aromatic rings. The second-order valence-corrected chi connectivity index (χ2v) is 6.38. The van der Waals surface area contributed by atoms with Crippen molar-refractivity contribution in [2.45, 2.75) is 32.1 Å². The number of aliphatic hydroxyl groups excluding tert-OH is 1. The second kappa shape index (κ2) is 9.68. The molecule has 2 heterocycles. The fourth-order valence-corrected chi connectivity index (χ4v) is 3.52. The van der Waals surface area contributed by atoms with Gasteiger partial charge in [-0.05, 0) is 31.5 Å². The zero-order chi connectivity index (χ0) is 15.5. The van der Waals surface area contributed by atoms with Gasteiger partial charge in [0, 0.05) is 62.8 Å². The Morgan fingerprint density at radius 2 is 2.08 bits per heavy atom. The number of aliphatic hydroxyl groups is 1. The van der Waals surface area contributed by atoms with Crippen LogP contribution in [0.1, 0.15) is 18.9 Å². The molecule has 1 aromatic carbocycles. The lowest BCUT2D eigenvalue weighted by molar-refractivity contribution is 0.185. The maximum Gasteiger partial charge on any atom is 0.0734 e. The summed E-state index contributed by atoms with van der Waals surface area (Å²) in [5.41, 5.74) is 3.68. The van der Waals surface area contributed by atoms with Crippen LogP contribution < -0.4 is 15.1 Å². The van der Waals surface area contributed by atoms with E-state index in [4.69, 9.17) is 4.74 Å². The summed E-state index contributed by atoms with van der Waals surface area (Å²) < 4.78 is 5.40. The van der Waals surface area contributed by atoms with Gasteiger partial charge in [0.15, 0.2) is 0 Å². The Bertz CT molecular complexity index is 519. The van der Waals surface area contributed by atoms with Gasteiger partial charge in [-0.3, -0.25) is 0 Å². The number of benzene rings is 1. The van der Waals surface area contributed by atoms with E-state index in [0.29, 0.717) is 12.6 Å². The number of piperazine rings is 1. The van der Waals surface area contributed by atoms with E-state index in [1.165, 1.54) is 16.9 Å². The molecule has 0 aromatic heterocycles. The van der Waals surface area contributed by atoms with Crippen LogP contribution in [-0.2, 0) is 11.3 Å². The minimum Gasteiger partial charge on any atom is -0.391 e. The Morgan fingerprint density at radius 3 is 2.71 bits per heavy atom. The van der Waals surface area contributed by atoms with E-state index in [-0.39, 0.29) is 30.9 Å². The van der Waals surface area contributed by atoms with Crippen molar-refractivity contribution in [3.8, 4) is 0 Å². The summed E-state index contributed by atoms with van der Waals surface area (Å²) in [7, 11) is 1.74. The maximum atomic E-state index is 9.79. The van der Waals surface area contributed by atoms with Crippen LogP contribution in [0.3, 0.4) is 0 Å². The first-order valence-electron chi connectivity index (χ1n) is 8.21. The van der Waals surface area contributed by atoms with Crippen LogP contribution in [-0.4, -0.2) is 57.1 Å². The number of halogens is 2. The van der Waals surface area contributed by atoms with Crippen molar-refractivity contribution in [1.82, 2.24) is 5.32 Å². The lowest BCUT2D eigenvalue weighted by atomic mass is 10.1. The Hall–Kier alpha value is -0.720. The van der Waals surface area contributed by atoms with Crippen LogP contribution in [0.4, 0.5) is 11.4 Å². The zero-order valence-corrected chi connectivity index (χ0v) is 16.0. The van der Waals surface area contributed by atoms with E-state index >= 15 is 0 Å². The van der Waals surface area contributed by atoms with E-state index in [2.05, 4.69) is 40.2 Å². The SMILES string of the molecule is COCc1cc(N2CCNC[C@H]2C)ccc1N1CC[C@@H](O)C1.Cl.Cl. The third-order valence-corrected chi connectivity index (χ3v) is 4.70. The van der Waals surface area contributed by atoms with Gasteiger partial charge in [-0.1, -0.05) is 0 Å². The molecule has 5 nitrogen and oxygen atoms in total. The monoisotopic (exact) mass is 377 g/mol. The summed E-state index contributed by atoms with van der Waals surface area (Å²) in [5, 5.41) is 13.2. The van der Waals surface area contributed by atoms with Gasteiger partial charge in [0.05, 0.1) is 12.7 Å². The molecule has 0 saturated carbocycles. The van der Waals surface area contributed by atoms with Crippen LogP contribution in [0, 0.1) is 0 Å². The first kappa shape index (κ1) is 21.3. The highest BCUT2D eigenvalue weighted by Crippen LogP contribution is 2.30. The van der Waals surface area contributed by atoms with Crippen molar-refractivity contribution in [2.24, 2.45) is 0 Å². The number of ether oxygens (including phenoxy) is 1. The molecule has 2 aliphatic rings. The number of methoxy groups -OCH3 is 1. The summed E-state index contributed by atoms with van der Waals surface area (Å²) in [6, 6.07) is 7.16. The van der Waals surface area contributed by atoms with Gasteiger partial charge in [0.25, 0.3) is 0 Å². The Labute approximate surface area is 157 Å². The van der Waals surface area contributed by atoms with Crippen LogP contribution in [0.15, 0.2) is 18.2 Å². The Morgan fingerprint density at radius 1 is 1.29 bits per heavy atom. The molecular formula is C17H29Cl2N3O2. The lowest BCUT2D eigenvalue weighted by Gasteiger charge is -2.36. The van der Waals surface area contributed by atoms with Crippen LogP contribution in [0.2, 0.25) is 0 Å². The van der Waals surface area contributed by atoms with Gasteiger partial charge < -0.3 is 25.0 Å². The van der Waals surface area contributed by atoms with Gasteiger partial charge in [-0.15, -0.1) is 24.8 Å². The average molecular weight is 378 g/mol. The summed E-state index contributed by atoms with van der Waals surface area (Å²) in [6.45, 7) is 7.60. The summed E-state index contributed by atoms with van der Waals surface area (Å²) in [6.07, 6.45) is 0.645. The predicted molar refractivity (Wildman–Crippen MR) is 104 cm³/mol. The van der Waals surface area contributed by atoms with Crippen LogP contribution >= 0.6 is 24.8 Å². The highest BCUT2D eigenvalue weighted by molar-refractivity contribution is 5.85. The number of hydrogen-bond donors (Lipinski definition) is 2. The normalized spacial score (nSPS) is 23.6. The molecule has 7 heteroatoms. The van der Waals surface area contributed by atoms with Crippen molar-refractivity contribution in [1.29, 1.82) is 0 Å². The number of nitrogens with zero attached hydrogens (tertiary/aromatic N) is 2. The standard InChI is InChI=1S/C17H27N3O2.2ClH/c1-13-10-18-6-8-20(13)15-3-4-17(14(9-15)12-22-2)19-7-5-16(21)11-19;;/h3-4,9,13,16,18,21H,5-8,10-12H2,1-2H3;2*1H/t13-,16-;;/m1../s1. The summed E-state index contributed by atoms with van der Waals surface area (Å²) in [4.78, 5) is 4.72. The van der Waals surface area contributed by atoms with Crippen molar-refractivity contribution in [3.05, 3.63) is 23.8 Å². The van der Waals surface area contributed by atoms with Crippen molar-refractivity contribution < 1.29 is 9.84 Å². The van der Waals surface area contributed by atoms with Gasteiger partial charge in [-0.2, -0.15) is 0 Å². The topological polar surface area (TPSA) is 48.0 Å². The molecule has 2 aliphatic heterocycles. The fraction of sp³-hybridized carbons (Fsp3) is 0.647. The molecule has 0 unspecified atom stereocenters. The van der Waals surface area contributed by atoms with Crippen LogP contribution in [0.5, 0.6) is 0 Å². The Balaban J connectivity index is 0.00000144. The second-order valence-electron chi connectivity index (χ2n) is 6.38. The van der Waals surface area contributed by atoms with Gasteiger partial charge in [-0.25, -0.2) is 0 Å². The molecule has 3 rings (SSSR count). The molecule has 0 radical (unpaired) electrons. The molecule has 0 amide bonds.